The van der Waals surface area contributed by atoms with Gasteiger partial charge in [0.1, 0.15) is 10.7 Å². The van der Waals surface area contributed by atoms with Crippen LogP contribution in [0.2, 0.25) is 0 Å². The first kappa shape index (κ1) is 21.3. The number of H-pyrrole nitrogens is 2. The average Bonchev–Trinajstić information content (AvgIpc) is 3.52. The van der Waals surface area contributed by atoms with Crippen molar-refractivity contribution >= 4 is 32.7 Å². The van der Waals surface area contributed by atoms with Gasteiger partial charge in [0.15, 0.2) is 0 Å². The van der Waals surface area contributed by atoms with Gasteiger partial charge in [0.2, 0.25) is 0 Å². The molecule has 1 fully saturated rings. The van der Waals surface area contributed by atoms with E-state index < -0.39 is 10.0 Å². The van der Waals surface area contributed by atoms with E-state index in [0.717, 1.165) is 29.4 Å². The zero-order valence-electron chi connectivity index (χ0n) is 18.5. The number of carbonyl (C=O) groups excluding carboxylic acids is 1. The molecular weight excluding hydrogens is 438 g/mol. The van der Waals surface area contributed by atoms with Gasteiger partial charge in [-0.2, -0.15) is 0 Å². The van der Waals surface area contributed by atoms with Crippen LogP contribution in [-0.2, 0) is 10.0 Å². The number of fused-ring (bicyclic) bond motifs is 1. The van der Waals surface area contributed by atoms with Gasteiger partial charge in [0.25, 0.3) is 15.9 Å². The number of imidazole rings is 1. The summed E-state index contributed by atoms with van der Waals surface area (Å²) in [6, 6.07) is 14.8. The van der Waals surface area contributed by atoms with Crippen molar-refractivity contribution in [2.75, 3.05) is 17.8 Å². The fourth-order valence-corrected chi connectivity index (χ4v) is 5.93. The van der Waals surface area contributed by atoms with Gasteiger partial charge in [-0.25, -0.2) is 13.4 Å². The Hall–Kier alpha value is -3.59. The number of benzene rings is 2. The van der Waals surface area contributed by atoms with E-state index in [1.165, 1.54) is 0 Å². The smallest absolute Gasteiger partial charge is 0.264 e. The molecule has 0 saturated carbocycles. The summed E-state index contributed by atoms with van der Waals surface area (Å²) in [6.45, 7) is 4.71. The second-order valence-corrected chi connectivity index (χ2v) is 9.98. The summed E-state index contributed by atoms with van der Waals surface area (Å²) in [5, 5.41) is 0. The lowest BCUT2D eigenvalue weighted by molar-refractivity contribution is 0.0788. The molecule has 1 saturated heterocycles. The van der Waals surface area contributed by atoms with Crippen LogP contribution in [0.5, 0.6) is 0 Å². The molecule has 3 N–H and O–H groups in total. The molecule has 170 valence electrons. The molecule has 9 heteroatoms. The molecule has 0 radical (unpaired) electrons. The molecule has 4 aromatic rings. The molecule has 3 heterocycles. The number of anilines is 1. The Kier molecular flexibility index (Phi) is 5.20. The van der Waals surface area contributed by atoms with Crippen molar-refractivity contribution in [3.05, 3.63) is 65.5 Å². The van der Waals surface area contributed by atoms with E-state index in [1.54, 1.807) is 43.0 Å². The Morgan fingerprint density at radius 1 is 0.970 bits per heavy atom. The number of rotatable bonds is 5. The summed E-state index contributed by atoms with van der Waals surface area (Å²) in [4.78, 5) is 25.7. The number of aromatic nitrogens is 3. The topological polar surface area (TPSA) is 111 Å². The van der Waals surface area contributed by atoms with Crippen LogP contribution in [0.1, 0.15) is 34.6 Å². The van der Waals surface area contributed by atoms with Crippen LogP contribution in [0, 0.1) is 13.8 Å². The highest BCUT2D eigenvalue weighted by Crippen LogP contribution is 2.29. The maximum Gasteiger partial charge on any atom is 0.264 e. The molecule has 1 aliphatic rings. The molecule has 1 aliphatic heterocycles. The molecule has 0 atom stereocenters. The molecule has 0 spiro atoms. The van der Waals surface area contributed by atoms with E-state index in [9.17, 15) is 13.2 Å². The molecule has 2 aromatic carbocycles. The van der Waals surface area contributed by atoms with Crippen LogP contribution in [-0.4, -0.2) is 47.3 Å². The third-order valence-electron chi connectivity index (χ3n) is 5.99. The summed E-state index contributed by atoms with van der Waals surface area (Å²) >= 11 is 0. The third-order valence-corrected chi connectivity index (χ3v) is 7.55. The zero-order valence-corrected chi connectivity index (χ0v) is 19.3. The van der Waals surface area contributed by atoms with Gasteiger partial charge >= 0.3 is 0 Å². The number of hydrogen-bond donors (Lipinski definition) is 3. The molecule has 0 unspecified atom stereocenters. The maximum absolute atomic E-state index is 13.3. The molecule has 8 nitrogen and oxygen atoms in total. The van der Waals surface area contributed by atoms with E-state index in [0.29, 0.717) is 36.0 Å². The molecule has 0 aliphatic carbocycles. The number of carbonyl (C=O) groups is 1. The van der Waals surface area contributed by atoms with Gasteiger partial charge in [-0.1, -0.05) is 12.1 Å². The first-order valence-electron chi connectivity index (χ1n) is 10.9. The van der Waals surface area contributed by atoms with E-state index in [1.807, 2.05) is 24.3 Å². The predicted octanol–water partition coefficient (Wildman–Crippen LogP) is 4.21. The minimum Gasteiger partial charge on any atom is -0.361 e. The van der Waals surface area contributed by atoms with Crippen LogP contribution in [0.3, 0.4) is 0 Å². The van der Waals surface area contributed by atoms with Gasteiger partial charge in [0, 0.05) is 35.7 Å². The SMILES string of the molecule is Cc1[nH]c(C)c(S(=O)(=O)Nc2ccc(-c3nc4ccccc4[nH]3)cc2)c1C(=O)N1CCCC1. The van der Waals surface area contributed by atoms with Crippen molar-refractivity contribution in [2.45, 2.75) is 31.6 Å². The van der Waals surface area contributed by atoms with Crippen LogP contribution in [0.15, 0.2) is 53.4 Å². The number of nitrogens with zero attached hydrogens (tertiary/aromatic N) is 2. The second-order valence-electron chi connectivity index (χ2n) is 8.36. The highest BCUT2D eigenvalue weighted by Gasteiger charge is 2.32. The normalized spacial score (nSPS) is 14.2. The number of aromatic amines is 2. The van der Waals surface area contributed by atoms with Crippen LogP contribution in [0.4, 0.5) is 5.69 Å². The quantitative estimate of drug-likeness (QED) is 0.412. The minimum atomic E-state index is -3.98. The molecule has 33 heavy (non-hydrogen) atoms. The predicted molar refractivity (Wildman–Crippen MR) is 128 cm³/mol. The van der Waals surface area contributed by atoms with Crippen LogP contribution >= 0.6 is 0 Å². The summed E-state index contributed by atoms with van der Waals surface area (Å²) in [5.41, 5.74) is 4.28. The van der Waals surface area contributed by atoms with Crippen molar-refractivity contribution in [1.82, 2.24) is 19.9 Å². The van der Waals surface area contributed by atoms with Crippen molar-refractivity contribution in [1.29, 1.82) is 0 Å². The van der Waals surface area contributed by atoms with Crippen molar-refractivity contribution in [2.24, 2.45) is 0 Å². The number of hydrogen-bond acceptors (Lipinski definition) is 4. The lowest BCUT2D eigenvalue weighted by Crippen LogP contribution is -2.29. The highest BCUT2D eigenvalue weighted by atomic mass is 32.2. The largest absolute Gasteiger partial charge is 0.361 e. The molecule has 1 amide bonds. The number of para-hydroxylation sites is 2. The number of aryl methyl sites for hydroxylation is 2. The summed E-state index contributed by atoms with van der Waals surface area (Å²) < 4.78 is 29.3. The zero-order chi connectivity index (χ0) is 23.2. The second kappa shape index (κ2) is 8.08. The lowest BCUT2D eigenvalue weighted by atomic mass is 10.2. The summed E-state index contributed by atoms with van der Waals surface area (Å²) in [7, 11) is -3.98. The number of sulfonamides is 1. The van der Waals surface area contributed by atoms with E-state index in [2.05, 4.69) is 19.7 Å². The first-order valence-corrected chi connectivity index (χ1v) is 12.4. The Labute approximate surface area is 192 Å². The van der Waals surface area contributed by atoms with Gasteiger partial charge in [-0.3, -0.25) is 9.52 Å². The number of nitrogens with one attached hydrogen (secondary N) is 3. The van der Waals surface area contributed by atoms with Crippen LogP contribution in [0.25, 0.3) is 22.4 Å². The Balaban J connectivity index is 1.43. The number of likely N-dealkylation sites (tertiary alicyclic amines) is 1. The summed E-state index contributed by atoms with van der Waals surface area (Å²) in [6.07, 6.45) is 1.87. The third kappa shape index (κ3) is 3.89. The Bertz CT molecular complexity index is 1410. The molecule has 5 rings (SSSR count). The Morgan fingerprint density at radius 3 is 2.36 bits per heavy atom. The lowest BCUT2D eigenvalue weighted by Gasteiger charge is -2.17. The standard InChI is InChI=1S/C24H25N5O3S/c1-15-21(24(30)29-13-5-6-14-29)22(16(2)25-15)33(31,32)28-18-11-9-17(10-12-18)23-26-19-7-3-4-8-20(19)27-23/h3-4,7-12,25,28H,5-6,13-14H2,1-2H3,(H,26,27). The van der Waals surface area contributed by atoms with E-state index in [-0.39, 0.29) is 16.4 Å². The van der Waals surface area contributed by atoms with Gasteiger partial charge < -0.3 is 14.9 Å². The van der Waals surface area contributed by atoms with Crippen molar-refractivity contribution < 1.29 is 13.2 Å². The molecular formula is C24H25N5O3S. The first-order chi connectivity index (χ1) is 15.8. The molecule has 0 bridgehead atoms. The maximum atomic E-state index is 13.3. The monoisotopic (exact) mass is 463 g/mol. The van der Waals surface area contributed by atoms with Gasteiger partial charge in [-0.15, -0.1) is 0 Å². The average molecular weight is 464 g/mol. The minimum absolute atomic E-state index is 0.0123. The fourth-order valence-electron chi connectivity index (χ4n) is 4.42. The van der Waals surface area contributed by atoms with Crippen molar-refractivity contribution in [3.63, 3.8) is 0 Å². The fraction of sp³-hybridized carbons (Fsp3) is 0.250. The van der Waals surface area contributed by atoms with Crippen molar-refractivity contribution in [3.8, 4) is 11.4 Å². The van der Waals surface area contributed by atoms with Gasteiger partial charge in [-0.05, 0) is 63.1 Å². The summed E-state index contributed by atoms with van der Waals surface area (Å²) in [5.74, 6) is 0.469. The molecule has 2 aromatic heterocycles. The highest BCUT2D eigenvalue weighted by molar-refractivity contribution is 7.92. The Morgan fingerprint density at radius 2 is 1.67 bits per heavy atom. The van der Waals surface area contributed by atoms with E-state index in [4.69, 9.17) is 0 Å². The van der Waals surface area contributed by atoms with E-state index >= 15 is 0 Å². The van der Waals surface area contributed by atoms with Gasteiger partial charge in [0.05, 0.1) is 16.6 Å². The number of amides is 1. The van der Waals surface area contributed by atoms with Crippen LogP contribution < -0.4 is 4.72 Å².